The Hall–Kier alpha value is -1.56. The molecule has 138 valence electrons. The summed E-state index contributed by atoms with van der Waals surface area (Å²) in [6.45, 7) is 2.55. The highest BCUT2D eigenvalue weighted by Crippen LogP contribution is 2.32. The van der Waals surface area contributed by atoms with Crippen molar-refractivity contribution in [3.63, 3.8) is 0 Å². The van der Waals surface area contributed by atoms with E-state index in [0.29, 0.717) is 31.2 Å². The number of hydrogen-bond donors (Lipinski definition) is 2. The van der Waals surface area contributed by atoms with Crippen LogP contribution in [0, 0.1) is 12.8 Å². The van der Waals surface area contributed by atoms with E-state index in [-0.39, 0.29) is 36.8 Å². The number of nitrogens with two attached hydrogens (primary N) is 1. The van der Waals surface area contributed by atoms with E-state index in [9.17, 15) is 4.79 Å². The second-order valence-corrected chi connectivity index (χ2v) is 6.23. The third-order valence-corrected chi connectivity index (χ3v) is 4.25. The number of nitrogens with one attached hydrogen (secondary N) is 1. The zero-order chi connectivity index (χ0) is 16.2. The van der Waals surface area contributed by atoms with Gasteiger partial charge in [-0.1, -0.05) is 29.8 Å². The molecule has 1 aliphatic rings. The molecule has 0 aliphatic heterocycles. The Bertz CT molecular complexity index is 669. The van der Waals surface area contributed by atoms with Crippen molar-refractivity contribution >= 4 is 30.7 Å². The van der Waals surface area contributed by atoms with Crippen molar-refractivity contribution in [3.8, 4) is 11.3 Å². The average Bonchev–Trinajstić information content (AvgIpc) is 3.29. The highest BCUT2D eigenvalue weighted by atomic mass is 35.5. The first-order valence-electron chi connectivity index (χ1n) is 8.17. The number of oxazole rings is 1. The van der Waals surface area contributed by atoms with Crippen LogP contribution in [0.1, 0.15) is 30.7 Å². The highest BCUT2D eigenvalue weighted by molar-refractivity contribution is 5.85. The fraction of sp³-hybridized carbons (Fsp3) is 0.444. The molecule has 2 aromatic rings. The zero-order valence-electron chi connectivity index (χ0n) is 14.2. The van der Waals surface area contributed by atoms with Crippen molar-refractivity contribution in [2.75, 3.05) is 6.54 Å². The lowest BCUT2D eigenvalue weighted by molar-refractivity contribution is -0.121. The Labute approximate surface area is 160 Å². The first-order valence-corrected chi connectivity index (χ1v) is 8.17. The van der Waals surface area contributed by atoms with Crippen LogP contribution in [0.5, 0.6) is 0 Å². The van der Waals surface area contributed by atoms with Crippen LogP contribution in [-0.4, -0.2) is 23.5 Å². The van der Waals surface area contributed by atoms with Crippen molar-refractivity contribution in [2.24, 2.45) is 11.7 Å². The summed E-state index contributed by atoms with van der Waals surface area (Å²) in [5.74, 6) is 1.91. The molecule has 0 saturated heterocycles. The number of benzene rings is 1. The van der Waals surface area contributed by atoms with Crippen LogP contribution in [0.2, 0.25) is 0 Å². The maximum Gasteiger partial charge on any atom is 0.220 e. The van der Waals surface area contributed by atoms with Crippen molar-refractivity contribution in [2.45, 2.75) is 38.6 Å². The summed E-state index contributed by atoms with van der Waals surface area (Å²) in [6, 6.07) is 8.21. The van der Waals surface area contributed by atoms with E-state index >= 15 is 0 Å². The Morgan fingerprint density at radius 3 is 2.60 bits per heavy atom. The third kappa shape index (κ3) is 6.03. The van der Waals surface area contributed by atoms with Crippen LogP contribution in [0.3, 0.4) is 0 Å². The van der Waals surface area contributed by atoms with Gasteiger partial charge in [0.1, 0.15) is 0 Å². The minimum absolute atomic E-state index is 0. The molecular weight excluding hydrogens is 361 g/mol. The lowest BCUT2D eigenvalue weighted by atomic mass is 10.1. The highest BCUT2D eigenvalue weighted by Gasteiger charge is 2.31. The van der Waals surface area contributed by atoms with Gasteiger partial charge in [0.2, 0.25) is 5.91 Å². The zero-order valence-corrected chi connectivity index (χ0v) is 15.9. The van der Waals surface area contributed by atoms with Crippen LogP contribution in [0.25, 0.3) is 11.3 Å². The molecule has 1 saturated carbocycles. The molecule has 7 heteroatoms. The van der Waals surface area contributed by atoms with Crippen molar-refractivity contribution in [3.05, 3.63) is 41.9 Å². The second kappa shape index (κ2) is 9.80. The fourth-order valence-corrected chi connectivity index (χ4v) is 2.64. The van der Waals surface area contributed by atoms with E-state index in [1.54, 1.807) is 6.20 Å². The first kappa shape index (κ1) is 21.5. The predicted octanol–water partition coefficient (Wildman–Crippen LogP) is 3.28. The Balaban J connectivity index is 0.00000156. The lowest BCUT2D eigenvalue weighted by Gasteiger charge is -2.15. The maximum absolute atomic E-state index is 12.0. The van der Waals surface area contributed by atoms with Gasteiger partial charge in [-0.15, -0.1) is 24.8 Å². The van der Waals surface area contributed by atoms with Gasteiger partial charge in [0, 0.05) is 31.0 Å². The predicted molar refractivity (Wildman–Crippen MR) is 103 cm³/mol. The van der Waals surface area contributed by atoms with E-state index in [2.05, 4.69) is 10.3 Å². The minimum Gasteiger partial charge on any atom is -0.441 e. The molecule has 1 atom stereocenters. The number of amides is 1. The molecule has 1 aromatic heterocycles. The number of hydrogen-bond acceptors (Lipinski definition) is 4. The number of carbonyl (C=O) groups excluding carboxylic acids is 1. The molecule has 25 heavy (non-hydrogen) atoms. The summed E-state index contributed by atoms with van der Waals surface area (Å²) in [6.07, 6.45) is 4.92. The Morgan fingerprint density at radius 1 is 1.32 bits per heavy atom. The number of aromatic nitrogens is 1. The molecule has 1 amide bonds. The topological polar surface area (TPSA) is 81.2 Å². The molecular formula is C18H25Cl2N3O2. The quantitative estimate of drug-likeness (QED) is 0.765. The van der Waals surface area contributed by atoms with Gasteiger partial charge in [0.05, 0.1) is 6.20 Å². The van der Waals surface area contributed by atoms with Gasteiger partial charge in [-0.25, -0.2) is 4.98 Å². The summed E-state index contributed by atoms with van der Waals surface area (Å²) in [5, 5.41) is 3.01. The monoisotopic (exact) mass is 385 g/mol. The number of halogens is 2. The van der Waals surface area contributed by atoms with Crippen molar-refractivity contribution < 1.29 is 9.21 Å². The SMILES string of the molecule is Cc1ccc(-c2cnc(CCC(=O)NC(CN)C3CC3)o2)cc1.Cl.Cl. The molecule has 1 unspecified atom stereocenters. The molecule has 3 N–H and O–H groups in total. The Kier molecular flexibility index (Phi) is 8.42. The van der Waals surface area contributed by atoms with Crippen LogP contribution in [-0.2, 0) is 11.2 Å². The van der Waals surface area contributed by atoms with Crippen LogP contribution >= 0.6 is 24.8 Å². The van der Waals surface area contributed by atoms with Gasteiger partial charge >= 0.3 is 0 Å². The van der Waals surface area contributed by atoms with Gasteiger partial charge in [-0.3, -0.25) is 4.79 Å². The largest absolute Gasteiger partial charge is 0.441 e. The van der Waals surface area contributed by atoms with E-state index in [1.807, 2.05) is 31.2 Å². The van der Waals surface area contributed by atoms with Crippen LogP contribution in [0.15, 0.2) is 34.9 Å². The van der Waals surface area contributed by atoms with Gasteiger partial charge in [-0.05, 0) is 25.7 Å². The molecule has 1 heterocycles. The van der Waals surface area contributed by atoms with E-state index in [0.717, 1.165) is 11.3 Å². The minimum atomic E-state index is 0. The van der Waals surface area contributed by atoms with Crippen molar-refractivity contribution in [1.29, 1.82) is 0 Å². The van der Waals surface area contributed by atoms with E-state index < -0.39 is 0 Å². The fourth-order valence-electron chi connectivity index (χ4n) is 2.64. The number of carbonyl (C=O) groups is 1. The van der Waals surface area contributed by atoms with Crippen molar-refractivity contribution in [1.82, 2.24) is 10.3 Å². The van der Waals surface area contributed by atoms with E-state index in [1.165, 1.54) is 18.4 Å². The summed E-state index contributed by atoms with van der Waals surface area (Å²) in [7, 11) is 0. The van der Waals surface area contributed by atoms with Gasteiger partial charge in [0.15, 0.2) is 11.7 Å². The Morgan fingerprint density at radius 2 is 2.00 bits per heavy atom. The molecule has 0 bridgehead atoms. The van der Waals surface area contributed by atoms with Gasteiger partial charge < -0.3 is 15.5 Å². The van der Waals surface area contributed by atoms with E-state index in [4.69, 9.17) is 10.2 Å². The molecule has 1 aliphatic carbocycles. The first-order chi connectivity index (χ1) is 11.2. The maximum atomic E-state index is 12.0. The van der Waals surface area contributed by atoms with Gasteiger partial charge in [0.25, 0.3) is 0 Å². The smallest absolute Gasteiger partial charge is 0.220 e. The third-order valence-electron chi connectivity index (χ3n) is 4.25. The lowest BCUT2D eigenvalue weighted by Crippen LogP contribution is -2.41. The molecule has 0 spiro atoms. The molecule has 5 nitrogen and oxygen atoms in total. The summed E-state index contributed by atoms with van der Waals surface area (Å²) < 4.78 is 5.74. The molecule has 1 fully saturated rings. The summed E-state index contributed by atoms with van der Waals surface area (Å²) >= 11 is 0. The second-order valence-electron chi connectivity index (χ2n) is 6.23. The summed E-state index contributed by atoms with van der Waals surface area (Å²) in [4.78, 5) is 16.3. The number of rotatable bonds is 7. The molecule has 1 aromatic carbocycles. The van der Waals surface area contributed by atoms with Crippen LogP contribution in [0.4, 0.5) is 0 Å². The van der Waals surface area contributed by atoms with Crippen LogP contribution < -0.4 is 11.1 Å². The normalized spacial score (nSPS) is 14.2. The average molecular weight is 386 g/mol. The standard InChI is InChI=1S/C18H23N3O2.2ClH/c1-12-2-4-14(5-3-12)16-11-20-18(23-16)9-8-17(22)21-15(10-19)13-6-7-13;;/h2-5,11,13,15H,6-10,19H2,1H3,(H,21,22);2*1H. The van der Waals surface area contributed by atoms with Gasteiger partial charge in [-0.2, -0.15) is 0 Å². The number of nitrogens with zero attached hydrogens (tertiary/aromatic N) is 1. The molecule has 3 rings (SSSR count). The molecule has 0 radical (unpaired) electrons. The number of aryl methyl sites for hydroxylation is 2. The summed E-state index contributed by atoms with van der Waals surface area (Å²) in [5.41, 5.74) is 7.90.